The number of carbonyl (C=O) groups is 2. The van der Waals surface area contributed by atoms with Crippen molar-refractivity contribution in [3.63, 3.8) is 0 Å². The van der Waals surface area contributed by atoms with Gasteiger partial charge in [0.2, 0.25) is 11.8 Å². The van der Waals surface area contributed by atoms with Crippen molar-refractivity contribution in [3.05, 3.63) is 119 Å². The van der Waals surface area contributed by atoms with E-state index in [0.717, 1.165) is 122 Å². The molecule has 4 aromatic rings. The lowest BCUT2D eigenvalue weighted by Crippen LogP contribution is -3.00. The summed E-state index contributed by atoms with van der Waals surface area (Å²) in [5.41, 5.74) is 6.62. The molecule has 0 fully saturated rings. The second kappa shape index (κ2) is 26.8. The minimum Gasteiger partial charge on any atom is -1.00 e. The van der Waals surface area contributed by atoms with E-state index in [1.165, 1.54) is 22.3 Å². The van der Waals surface area contributed by atoms with Crippen molar-refractivity contribution < 1.29 is 76.0 Å². The minimum atomic E-state index is 0. The molecular formula is C48H68I2N4O4. The van der Waals surface area contributed by atoms with Gasteiger partial charge in [-0.2, -0.15) is 0 Å². The van der Waals surface area contributed by atoms with Gasteiger partial charge in [-0.3, -0.25) is 9.59 Å². The molecule has 2 N–H and O–H groups in total. The van der Waals surface area contributed by atoms with Crippen LogP contribution in [0.2, 0.25) is 0 Å². The lowest BCUT2D eigenvalue weighted by atomic mass is 10.0. The first-order valence-corrected chi connectivity index (χ1v) is 20.8. The Kier molecular flexibility index (Phi) is 23.5. The summed E-state index contributed by atoms with van der Waals surface area (Å²) in [5.74, 6) is 2.05. The maximum absolute atomic E-state index is 12.7. The van der Waals surface area contributed by atoms with Gasteiger partial charge in [0.15, 0.2) is 0 Å². The third-order valence-electron chi connectivity index (χ3n) is 11.4. The number of rotatable bonds is 25. The Bertz CT molecular complexity index is 1660. The fourth-order valence-electron chi connectivity index (χ4n) is 7.34. The standard InChI is InChI=1S/C48H66N4O4.2HI/c1-7-51(3,37-41-19-13-15-21-45(41)55-5)35-17-9-11-23-47(53)49-43-31-27-39(28-32-43)25-26-40-29-33-44(34-30-40)50-48(54)24-12-10-18-36-52(4,8-2)38-42-20-14-16-22-46(42)56-6;;/h13-16,19-22,27-34H,7-12,17-18,23-26,35-38H2,1-6H3;2*1H. The van der Waals surface area contributed by atoms with Crippen molar-refractivity contribution in [2.75, 3.05) is 65.1 Å². The summed E-state index contributed by atoms with van der Waals surface area (Å²) in [6, 6.07) is 32.9. The van der Waals surface area contributed by atoms with Crippen LogP contribution in [-0.4, -0.2) is 75.3 Å². The van der Waals surface area contributed by atoms with E-state index in [-0.39, 0.29) is 59.8 Å². The molecule has 0 saturated heterocycles. The van der Waals surface area contributed by atoms with E-state index < -0.39 is 0 Å². The fourth-order valence-corrected chi connectivity index (χ4v) is 7.34. The van der Waals surface area contributed by atoms with Gasteiger partial charge in [0.25, 0.3) is 0 Å². The van der Waals surface area contributed by atoms with Crippen LogP contribution in [0.15, 0.2) is 97.1 Å². The first kappa shape index (κ1) is 50.9. The molecule has 0 radical (unpaired) electrons. The third kappa shape index (κ3) is 17.6. The number of methoxy groups -OCH3 is 2. The minimum absolute atomic E-state index is 0. The number of aryl methyl sites for hydroxylation is 2. The zero-order valence-electron chi connectivity index (χ0n) is 35.8. The molecule has 318 valence electrons. The van der Waals surface area contributed by atoms with E-state index >= 15 is 0 Å². The molecule has 2 atom stereocenters. The number of ether oxygens (including phenoxy) is 2. The number of amides is 2. The Morgan fingerprint density at radius 3 is 1.22 bits per heavy atom. The molecule has 2 amide bonds. The maximum atomic E-state index is 12.7. The van der Waals surface area contributed by atoms with E-state index in [0.29, 0.717) is 12.8 Å². The van der Waals surface area contributed by atoms with E-state index in [9.17, 15) is 9.59 Å². The van der Waals surface area contributed by atoms with Gasteiger partial charge in [0.1, 0.15) is 24.6 Å². The summed E-state index contributed by atoms with van der Waals surface area (Å²) in [7, 11) is 8.07. The van der Waals surface area contributed by atoms with Crippen molar-refractivity contribution in [2.45, 2.75) is 91.1 Å². The van der Waals surface area contributed by atoms with E-state index in [1.807, 2.05) is 48.5 Å². The SMILES string of the molecule is CC[N+](C)(CCCCCC(=O)Nc1ccc(CCc2ccc(NC(=O)CCCCC[N+](C)(CC)Cc3ccccc3OC)cc2)cc1)Cc1ccccc1OC.[I-].[I-]. The van der Waals surface area contributed by atoms with Crippen LogP contribution in [0.5, 0.6) is 11.5 Å². The average molecular weight is 1020 g/mol. The molecule has 58 heavy (non-hydrogen) atoms. The van der Waals surface area contributed by atoms with Crippen LogP contribution in [0.1, 0.15) is 87.5 Å². The highest BCUT2D eigenvalue weighted by atomic mass is 127. The molecule has 0 heterocycles. The highest BCUT2D eigenvalue weighted by Crippen LogP contribution is 2.25. The molecule has 4 aromatic carbocycles. The number of hydrogen-bond donors (Lipinski definition) is 2. The maximum Gasteiger partial charge on any atom is 0.224 e. The predicted octanol–water partition coefficient (Wildman–Crippen LogP) is 3.83. The highest BCUT2D eigenvalue weighted by molar-refractivity contribution is 5.91. The summed E-state index contributed by atoms with van der Waals surface area (Å²) >= 11 is 0. The number of carbonyl (C=O) groups excluding carboxylic acids is 2. The Balaban J connectivity index is 0.00000580. The predicted molar refractivity (Wildman–Crippen MR) is 231 cm³/mol. The number of hydrogen-bond acceptors (Lipinski definition) is 4. The molecule has 0 bridgehead atoms. The molecule has 8 nitrogen and oxygen atoms in total. The molecular weight excluding hydrogens is 950 g/mol. The largest absolute Gasteiger partial charge is 1.00 e. The van der Waals surface area contributed by atoms with Crippen molar-refractivity contribution in [2.24, 2.45) is 0 Å². The van der Waals surface area contributed by atoms with Crippen molar-refractivity contribution >= 4 is 23.2 Å². The fraction of sp³-hybridized carbons (Fsp3) is 0.458. The van der Waals surface area contributed by atoms with Crippen LogP contribution in [-0.2, 0) is 35.5 Å². The van der Waals surface area contributed by atoms with Gasteiger partial charge in [-0.25, -0.2) is 0 Å². The van der Waals surface area contributed by atoms with Crippen molar-refractivity contribution in [3.8, 4) is 11.5 Å². The molecule has 4 rings (SSSR count). The molecule has 2 unspecified atom stereocenters. The number of para-hydroxylation sites is 2. The Hall–Kier alpha value is -3.20. The first-order chi connectivity index (χ1) is 27.1. The molecule has 0 aromatic heterocycles. The van der Waals surface area contributed by atoms with Gasteiger partial charge in [0.05, 0.1) is 54.5 Å². The normalized spacial score (nSPS) is 12.9. The second-order valence-electron chi connectivity index (χ2n) is 15.9. The van der Waals surface area contributed by atoms with Crippen LogP contribution in [0.4, 0.5) is 11.4 Å². The number of anilines is 2. The Morgan fingerprint density at radius 1 is 0.517 bits per heavy atom. The molecule has 0 aliphatic carbocycles. The number of unbranched alkanes of at least 4 members (excludes halogenated alkanes) is 4. The topological polar surface area (TPSA) is 76.7 Å². The quantitative estimate of drug-likeness (QED) is 0.0603. The van der Waals surface area contributed by atoms with E-state index in [2.05, 4.69) is 87.1 Å². The molecule has 0 spiro atoms. The number of nitrogens with one attached hydrogen (secondary N) is 2. The smallest absolute Gasteiger partial charge is 0.224 e. The summed E-state index contributed by atoms with van der Waals surface area (Å²) in [6.45, 7) is 10.6. The second-order valence-corrected chi connectivity index (χ2v) is 15.9. The Labute approximate surface area is 383 Å². The number of halogens is 2. The molecule has 0 aliphatic rings. The number of benzene rings is 4. The van der Waals surface area contributed by atoms with Gasteiger partial charge in [-0.05, 0) is 125 Å². The van der Waals surface area contributed by atoms with Crippen LogP contribution >= 0.6 is 0 Å². The average Bonchev–Trinajstić information content (AvgIpc) is 3.21. The summed E-state index contributed by atoms with van der Waals surface area (Å²) in [5, 5.41) is 6.14. The summed E-state index contributed by atoms with van der Waals surface area (Å²) in [6.07, 6.45) is 8.88. The van der Waals surface area contributed by atoms with Gasteiger partial charge in [0, 0.05) is 35.3 Å². The zero-order chi connectivity index (χ0) is 40.2. The molecule has 0 saturated carbocycles. The van der Waals surface area contributed by atoms with E-state index in [1.54, 1.807) is 14.2 Å². The number of quaternary nitrogens is 2. The Morgan fingerprint density at radius 2 is 0.879 bits per heavy atom. The number of nitrogens with zero attached hydrogens (tertiary/aromatic N) is 2. The van der Waals surface area contributed by atoms with Gasteiger partial charge >= 0.3 is 0 Å². The summed E-state index contributed by atoms with van der Waals surface area (Å²) < 4.78 is 13.0. The van der Waals surface area contributed by atoms with Gasteiger partial charge < -0.3 is 77.0 Å². The van der Waals surface area contributed by atoms with Crippen LogP contribution in [0, 0.1) is 0 Å². The van der Waals surface area contributed by atoms with Crippen molar-refractivity contribution in [1.82, 2.24) is 0 Å². The van der Waals surface area contributed by atoms with Gasteiger partial charge in [-0.15, -0.1) is 0 Å². The summed E-state index contributed by atoms with van der Waals surface area (Å²) in [4.78, 5) is 25.3. The molecule has 10 heteroatoms. The van der Waals surface area contributed by atoms with Crippen LogP contribution in [0.25, 0.3) is 0 Å². The lowest BCUT2D eigenvalue weighted by Gasteiger charge is -2.34. The van der Waals surface area contributed by atoms with Crippen molar-refractivity contribution in [1.29, 1.82) is 0 Å². The highest BCUT2D eigenvalue weighted by Gasteiger charge is 2.23. The lowest BCUT2D eigenvalue weighted by molar-refractivity contribution is -0.921. The molecule has 0 aliphatic heterocycles. The third-order valence-corrected chi connectivity index (χ3v) is 11.4. The van der Waals surface area contributed by atoms with Crippen LogP contribution in [0.3, 0.4) is 0 Å². The zero-order valence-corrected chi connectivity index (χ0v) is 40.1. The van der Waals surface area contributed by atoms with Crippen LogP contribution < -0.4 is 68.1 Å². The van der Waals surface area contributed by atoms with E-state index in [4.69, 9.17) is 9.47 Å². The monoisotopic (exact) mass is 1020 g/mol. The van der Waals surface area contributed by atoms with Gasteiger partial charge in [-0.1, -0.05) is 48.5 Å². The first-order valence-electron chi connectivity index (χ1n) is 20.8.